The van der Waals surface area contributed by atoms with Crippen molar-refractivity contribution in [2.24, 2.45) is 0 Å². The van der Waals surface area contributed by atoms with E-state index in [1.54, 1.807) is 47.4 Å². The molecule has 3 amide bonds. The van der Waals surface area contributed by atoms with Crippen LogP contribution in [0.15, 0.2) is 41.0 Å². The van der Waals surface area contributed by atoms with Gasteiger partial charge in [-0.1, -0.05) is 0 Å². The summed E-state index contributed by atoms with van der Waals surface area (Å²) in [6.45, 7) is 1.12. The number of likely N-dealkylation sites (N-methyl/N-ethyl adjacent to an activating group) is 1. The normalized spacial score (nSPS) is 19.2. The van der Waals surface area contributed by atoms with Crippen LogP contribution in [0.5, 0.6) is 0 Å². The van der Waals surface area contributed by atoms with Gasteiger partial charge in [-0.25, -0.2) is 0 Å². The Morgan fingerprint density at radius 3 is 2.89 bits per heavy atom. The Morgan fingerprint density at radius 2 is 2.15 bits per heavy atom. The van der Waals surface area contributed by atoms with E-state index in [2.05, 4.69) is 10.6 Å². The fourth-order valence-corrected chi connectivity index (χ4v) is 3.54. The number of furan rings is 1. The number of rotatable bonds is 3. The molecule has 0 radical (unpaired) electrons. The number of hydrogen-bond acceptors (Lipinski definition) is 5. The number of benzene rings is 1. The molecule has 8 nitrogen and oxygen atoms in total. The molecule has 1 unspecified atom stereocenters. The molecule has 2 N–H and O–H groups in total. The molecule has 2 aromatic rings. The Hall–Kier alpha value is -3.13. The van der Waals surface area contributed by atoms with E-state index in [4.69, 9.17) is 4.42 Å². The number of carbonyl (C=O) groups excluding carboxylic acids is 3. The number of fused-ring (bicyclic) bond motifs is 2. The van der Waals surface area contributed by atoms with Gasteiger partial charge >= 0.3 is 0 Å². The lowest BCUT2D eigenvalue weighted by atomic mass is 10.1. The molecule has 0 aliphatic carbocycles. The number of piperazine rings is 1. The molecule has 1 saturated heterocycles. The molecular weight excluding hydrogens is 348 g/mol. The van der Waals surface area contributed by atoms with E-state index in [9.17, 15) is 14.4 Å². The van der Waals surface area contributed by atoms with E-state index in [0.29, 0.717) is 30.1 Å². The monoisotopic (exact) mass is 368 g/mol. The third-order valence-electron chi connectivity index (χ3n) is 4.94. The van der Waals surface area contributed by atoms with Crippen LogP contribution in [-0.4, -0.2) is 66.8 Å². The molecule has 140 valence electrons. The Morgan fingerprint density at radius 1 is 1.30 bits per heavy atom. The van der Waals surface area contributed by atoms with Crippen LogP contribution in [0.4, 0.5) is 5.69 Å². The number of amides is 3. The molecule has 0 saturated carbocycles. The lowest BCUT2D eigenvalue weighted by Gasteiger charge is -2.39. The molecule has 1 aromatic heterocycles. The minimum Gasteiger partial charge on any atom is -0.464 e. The molecule has 1 aromatic carbocycles. The highest BCUT2D eigenvalue weighted by Gasteiger charge is 2.40. The van der Waals surface area contributed by atoms with Gasteiger partial charge in [-0.15, -0.1) is 0 Å². The molecule has 4 rings (SSSR count). The van der Waals surface area contributed by atoms with Crippen LogP contribution in [0.1, 0.15) is 10.4 Å². The van der Waals surface area contributed by atoms with Crippen LogP contribution in [0.25, 0.3) is 11.3 Å². The highest BCUT2D eigenvalue weighted by molar-refractivity contribution is 6.10. The summed E-state index contributed by atoms with van der Waals surface area (Å²) in [4.78, 5) is 41.2. The molecule has 0 spiro atoms. The Kier molecular flexibility index (Phi) is 4.41. The first-order chi connectivity index (χ1) is 13.1. The minimum absolute atomic E-state index is 0.0840. The van der Waals surface area contributed by atoms with Gasteiger partial charge in [-0.05, 0) is 37.4 Å². The van der Waals surface area contributed by atoms with Crippen LogP contribution in [0.3, 0.4) is 0 Å². The van der Waals surface area contributed by atoms with Crippen molar-refractivity contribution in [2.45, 2.75) is 6.04 Å². The number of nitrogens with one attached hydrogen (secondary N) is 2. The maximum absolute atomic E-state index is 13.1. The Labute approximate surface area is 156 Å². The lowest BCUT2D eigenvalue weighted by molar-refractivity contribution is -0.134. The zero-order valence-electron chi connectivity index (χ0n) is 14.9. The quantitative estimate of drug-likeness (QED) is 0.835. The van der Waals surface area contributed by atoms with Crippen molar-refractivity contribution in [1.29, 1.82) is 0 Å². The molecule has 8 heteroatoms. The fraction of sp³-hybridized carbons (Fsp3) is 0.316. The summed E-state index contributed by atoms with van der Waals surface area (Å²) in [6.07, 6.45) is 1.57. The third kappa shape index (κ3) is 3.08. The number of anilines is 1. The largest absolute Gasteiger partial charge is 0.464 e. The topological polar surface area (TPSA) is 94.9 Å². The summed E-state index contributed by atoms with van der Waals surface area (Å²) < 4.78 is 5.41. The summed E-state index contributed by atoms with van der Waals surface area (Å²) in [6, 6.07) is 8.14. The van der Waals surface area contributed by atoms with E-state index < -0.39 is 6.04 Å². The van der Waals surface area contributed by atoms with Crippen molar-refractivity contribution in [3.8, 4) is 11.3 Å². The van der Waals surface area contributed by atoms with Crippen LogP contribution in [0.2, 0.25) is 0 Å². The lowest BCUT2D eigenvalue weighted by Crippen LogP contribution is -2.60. The maximum Gasteiger partial charge on any atom is 0.256 e. The highest BCUT2D eigenvalue weighted by atomic mass is 16.3. The van der Waals surface area contributed by atoms with Crippen molar-refractivity contribution in [2.75, 3.05) is 38.5 Å². The first kappa shape index (κ1) is 17.3. The average molecular weight is 368 g/mol. The number of nitrogens with zero attached hydrogens (tertiary/aromatic N) is 2. The Bertz CT molecular complexity index is 893. The maximum atomic E-state index is 13.1. The summed E-state index contributed by atoms with van der Waals surface area (Å²) in [5.74, 6) is 0.0664. The van der Waals surface area contributed by atoms with Crippen molar-refractivity contribution < 1.29 is 18.8 Å². The molecule has 1 fully saturated rings. The Balaban J connectivity index is 1.64. The first-order valence-corrected chi connectivity index (χ1v) is 8.80. The minimum atomic E-state index is -0.702. The molecule has 0 bridgehead atoms. The van der Waals surface area contributed by atoms with E-state index in [1.807, 2.05) is 6.07 Å². The summed E-state index contributed by atoms with van der Waals surface area (Å²) in [5.41, 5.74) is 1.67. The molecule has 3 heterocycles. The second-order valence-electron chi connectivity index (χ2n) is 6.61. The van der Waals surface area contributed by atoms with E-state index in [0.717, 1.165) is 5.56 Å². The average Bonchev–Trinajstić information content (AvgIpc) is 3.19. The van der Waals surface area contributed by atoms with E-state index in [1.165, 1.54) is 0 Å². The summed E-state index contributed by atoms with van der Waals surface area (Å²) in [5, 5.41) is 5.65. The second kappa shape index (κ2) is 6.88. The standard InChI is InChI=1S/C19H20N4O4/c1-20-10-17(24)22-6-7-23-15(11-22)18(25)21-14-5-4-12(9-13(14)19(23)26)16-3-2-8-27-16/h2-5,8-9,15,20H,6-7,10-11H2,1H3,(H,21,25). The summed E-state index contributed by atoms with van der Waals surface area (Å²) >= 11 is 0. The zero-order valence-corrected chi connectivity index (χ0v) is 14.9. The summed E-state index contributed by atoms with van der Waals surface area (Å²) in [7, 11) is 1.70. The van der Waals surface area contributed by atoms with Crippen LogP contribution < -0.4 is 10.6 Å². The molecule has 27 heavy (non-hydrogen) atoms. The molecular formula is C19H20N4O4. The van der Waals surface area contributed by atoms with Crippen molar-refractivity contribution in [1.82, 2.24) is 15.1 Å². The second-order valence-corrected chi connectivity index (χ2v) is 6.61. The van der Waals surface area contributed by atoms with Crippen LogP contribution >= 0.6 is 0 Å². The number of carbonyl (C=O) groups is 3. The molecule has 2 aliphatic heterocycles. The third-order valence-corrected chi connectivity index (χ3v) is 4.94. The zero-order chi connectivity index (χ0) is 19.0. The van der Waals surface area contributed by atoms with Gasteiger partial charge in [0.25, 0.3) is 5.91 Å². The van der Waals surface area contributed by atoms with Gasteiger partial charge in [-0.3, -0.25) is 14.4 Å². The molecule has 2 aliphatic rings. The first-order valence-electron chi connectivity index (χ1n) is 8.80. The molecule has 1 atom stereocenters. The van der Waals surface area contributed by atoms with Crippen LogP contribution in [-0.2, 0) is 9.59 Å². The van der Waals surface area contributed by atoms with Crippen molar-refractivity contribution >= 4 is 23.4 Å². The van der Waals surface area contributed by atoms with E-state index in [-0.39, 0.29) is 30.8 Å². The van der Waals surface area contributed by atoms with Gasteiger partial charge < -0.3 is 24.9 Å². The van der Waals surface area contributed by atoms with Crippen molar-refractivity contribution in [3.05, 3.63) is 42.2 Å². The van der Waals surface area contributed by atoms with Gasteiger partial charge in [0.05, 0.1) is 30.6 Å². The van der Waals surface area contributed by atoms with Crippen molar-refractivity contribution in [3.63, 3.8) is 0 Å². The fourth-order valence-electron chi connectivity index (χ4n) is 3.54. The predicted octanol–water partition coefficient (Wildman–Crippen LogP) is 0.771. The smallest absolute Gasteiger partial charge is 0.256 e. The number of hydrogen-bond donors (Lipinski definition) is 2. The van der Waals surface area contributed by atoms with Gasteiger partial charge in [0.2, 0.25) is 11.8 Å². The predicted molar refractivity (Wildman–Crippen MR) is 98.1 cm³/mol. The van der Waals surface area contributed by atoms with Gasteiger partial charge in [0.15, 0.2) is 0 Å². The van der Waals surface area contributed by atoms with E-state index >= 15 is 0 Å². The highest BCUT2D eigenvalue weighted by Crippen LogP contribution is 2.30. The van der Waals surface area contributed by atoms with Crippen LogP contribution in [0, 0.1) is 0 Å². The van der Waals surface area contributed by atoms with Gasteiger partial charge in [0.1, 0.15) is 11.8 Å². The van der Waals surface area contributed by atoms with Gasteiger partial charge in [0, 0.05) is 18.7 Å². The SMILES string of the molecule is CNCC(=O)N1CCN2C(=O)c3cc(-c4ccco4)ccc3NC(=O)C2C1. The van der Waals surface area contributed by atoms with Gasteiger partial charge in [-0.2, -0.15) is 0 Å².